The second kappa shape index (κ2) is 13.9. The number of halogens is 2. The summed E-state index contributed by atoms with van der Waals surface area (Å²) in [4.78, 5) is 28.0. The molecule has 1 atom stereocenters. The number of likely N-dealkylation sites (tertiary alicyclic amines) is 1. The second-order valence-electron chi connectivity index (χ2n) is 11.1. The second-order valence-corrected chi connectivity index (χ2v) is 13.0. The number of hydrogen-bond acceptors (Lipinski definition) is 9. The minimum absolute atomic E-state index is 0.0396. The van der Waals surface area contributed by atoms with Crippen LogP contribution in [0.5, 0.6) is 0 Å². The van der Waals surface area contributed by atoms with Crippen molar-refractivity contribution < 1.29 is 36.3 Å². The number of rotatable bonds is 11. The van der Waals surface area contributed by atoms with Crippen molar-refractivity contribution >= 4 is 44.2 Å². The van der Waals surface area contributed by atoms with E-state index in [0.29, 0.717) is 30.5 Å². The summed E-state index contributed by atoms with van der Waals surface area (Å²) in [6.07, 6.45) is 1.44. The van der Waals surface area contributed by atoms with Crippen LogP contribution >= 0.6 is 0 Å². The molecule has 1 amide bonds. The molecule has 0 bridgehead atoms. The molecular formula is C32H35F2N5O6S. The molecule has 0 aliphatic carbocycles. The molecule has 11 nitrogen and oxygen atoms in total. The third-order valence-electron chi connectivity index (χ3n) is 7.53. The van der Waals surface area contributed by atoms with E-state index in [4.69, 9.17) is 9.47 Å². The summed E-state index contributed by atoms with van der Waals surface area (Å²) in [5.74, 6) is -2.81. The van der Waals surface area contributed by atoms with Crippen LogP contribution in [0.25, 0.3) is 10.9 Å². The Labute approximate surface area is 265 Å². The minimum Gasteiger partial charge on any atom is -0.448 e. The van der Waals surface area contributed by atoms with Gasteiger partial charge < -0.3 is 20.1 Å². The number of methoxy groups -OCH3 is 1. The maximum Gasteiger partial charge on any atom is 0.435 e. The number of ether oxygens (including phenoxy) is 2. The Morgan fingerprint density at radius 3 is 2.39 bits per heavy atom. The first-order valence-corrected chi connectivity index (χ1v) is 16.3. The molecule has 0 saturated carbocycles. The van der Waals surface area contributed by atoms with E-state index in [1.54, 1.807) is 20.1 Å². The van der Waals surface area contributed by atoms with Gasteiger partial charge in [0.25, 0.3) is 5.91 Å². The molecule has 1 aliphatic heterocycles. The van der Waals surface area contributed by atoms with Crippen LogP contribution in [0.2, 0.25) is 0 Å². The van der Waals surface area contributed by atoms with Gasteiger partial charge in [-0.1, -0.05) is 6.07 Å². The lowest BCUT2D eigenvalue weighted by molar-refractivity contribution is 0.102. The largest absolute Gasteiger partial charge is 0.448 e. The first-order valence-electron chi connectivity index (χ1n) is 14.8. The van der Waals surface area contributed by atoms with Gasteiger partial charge in [-0.3, -0.25) is 9.69 Å². The van der Waals surface area contributed by atoms with Crippen molar-refractivity contribution in [3.63, 3.8) is 0 Å². The molecule has 14 heteroatoms. The molecule has 1 aliphatic rings. The van der Waals surface area contributed by atoms with Gasteiger partial charge in [-0.2, -0.15) is 4.68 Å². The summed E-state index contributed by atoms with van der Waals surface area (Å²) >= 11 is 0. The van der Waals surface area contributed by atoms with Gasteiger partial charge in [-0.15, -0.1) is 5.10 Å². The molecule has 0 spiro atoms. The molecule has 244 valence electrons. The molecule has 1 fully saturated rings. The Kier molecular flexibility index (Phi) is 9.99. The number of aromatic nitrogens is 2. The summed E-state index contributed by atoms with van der Waals surface area (Å²) < 4.78 is 65.9. The highest BCUT2D eigenvalue weighted by Crippen LogP contribution is 2.31. The third-order valence-corrected chi connectivity index (χ3v) is 9.26. The van der Waals surface area contributed by atoms with Crippen LogP contribution in [0.1, 0.15) is 42.6 Å². The Bertz CT molecular complexity index is 1850. The summed E-state index contributed by atoms with van der Waals surface area (Å²) in [7, 11) is -2.82. The monoisotopic (exact) mass is 655 g/mol. The van der Waals surface area contributed by atoms with E-state index in [0.717, 1.165) is 42.7 Å². The fourth-order valence-electron chi connectivity index (χ4n) is 5.44. The number of benzene rings is 3. The van der Waals surface area contributed by atoms with Gasteiger partial charge in [0.05, 0.1) is 34.1 Å². The lowest BCUT2D eigenvalue weighted by Gasteiger charge is -2.20. The van der Waals surface area contributed by atoms with Gasteiger partial charge in [0.2, 0.25) is 9.84 Å². The van der Waals surface area contributed by atoms with Crippen molar-refractivity contribution in [3.05, 3.63) is 77.4 Å². The maximum atomic E-state index is 13.9. The average Bonchev–Trinajstić information content (AvgIpc) is 3.64. The van der Waals surface area contributed by atoms with Crippen molar-refractivity contribution in [2.45, 2.75) is 49.1 Å². The fourth-order valence-corrected chi connectivity index (χ4v) is 6.77. The van der Waals surface area contributed by atoms with E-state index in [9.17, 15) is 26.8 Å². The normalized spacial score (nSPS) is 14.4. The highest BCUT2D eigenvalue weighted by atomic mass is 32.2. The number of anilines is 2. The molecule has 0 radical (unpaired) electrons. The zero-order valence-corrected chi connectivity index (χ0v) is 26.5. The maximum absolute atomic E-state index is 13.9. The number of amides is 1. The Balaban J connectivity index is 1.54. The van der Waals surface area contributed by atoms with Crippen LogP contribution in [0.3, 0.4) is 0 Å². The Hall–Kier alpha value is -4.40. The standard InChI is InChI=1S/C32H35F2N5O6S/c1-4-45-32(41)39-29-10-8-24(46(42,43)25-15-22(33)14-23(34)16-25)17-27(29)30(37-39)36-31(40)26-9-7-21(18-38-11-5-6-12-38)13-28(26)35-20(2)19-44-3/h7-10,13-17,20,35H,4-6,11-12,18-19H2,1-3H3,(H,36,37,40). The highest BCUT2D eigenvalue weighted by molar-refractivity contribution is 7.91. The van der Waals surface area contributed by atoms with Crippen LogP contribution < -0.4 is 10.6 Å². The van der Waals surface area contributed by atoms with Crippen molar-refractivity contribution in [2.24, 2.45) is 0 Å². The van der Waals surface area contributed by atoms with Crippen molar-refractivity contribution in [2.75, 3.05) is 44.0 Å². The van der Waals surface area contributed by atoms with Gasteiger partial charge in [0.15, 0.2) is 5.82 Å². The first kappa shape index (κ1) is 33.0. The number of carbonyl (C=O) groups is 2. The van der Waals surface area contributed by atoms with Crippen molar-refractivity contribution in [3.8, 4) is 0 Å². The van der Waals surface area contributed by atoms with E-state index in [2.05, 4.69) is 20.6 Å². The lowest BCUT2D eigenvalue weighted by atomic mass is 10.1. The topological polar surface area (TPSA) is 132 Å². The minimum atomic E-state index is -4.41. The van der Waals surface area contributed by atoms with Crippen molar-refractivity contribution in [1.29, 1.82) is 0 Å². The van der Waals surface area contributed by atoms with Crippen LogP contribution in [0.4, 0.5) is 25.1 Å². The quantitative estimate of drug-likeness (QED) is 0.217. The summed E-state index contributed by atoms with van der Waals surface area (Å²) in [5.41, 5.74) is 2.01. The zero-order valence-electron chi connectivity index (χ0n) is 25.7. The molecule has 5 rings (SSSR count). The van der Waals surface area contributed by atoms with Crippen LogP contribution in [-0.4, -0.2) is 74.6 Å². The number of carbonyl (C=O) groups excluding carboxylic acids is 2. The fraction of sp³-hybridized carbons (Fsp3) is 0.344. The van der Waals surface area contributed by atoms with E-state index < -0.39 is 38.4 Å². The van der Waals surface area contributed by atoms with Gasteiger partial charge in [0.1, 0.15) is 11.6 Å². The Morgan fingerprint density at radius 2 is 1.72 bits per heavy atom. The summed E-state index contributed by atoms with van der Waals surface area (Å²) in [5, 5.41) is 10.4. The van der Waals surface area contributed by atoms with E-state index in [1.807, 2.05) is 19.1 Å². The van der Waals surface area contributed by atoms with Gasteiger partial charge in [-0.05, 0) is 87.8 Å². The van der Waals surface area contributed by atoms with Gasteiger partial charge in [-0.25, -0.2) is 22.0 Å². The third kappa shape index (κ3) is 7.19. The number of fused-ring (bicyclic) bond motifs is 1. The van der Waals surface area contributed by atoms with E-state index in [-0.39, 0.29) is 39.8 Å². The van der Waals surface area contributed by atoms with Gasteiger partial charge >= 0.3 is 6.09 Å². The number of nitrogens with zero attached hydrogens (tertiary/aromatic N) is 3. The molecular weight excluding hydrogens is 620 g/mol. The zero-order chi connectivity index (χ0) is 33.0. The number of sulfone groups is 1. The molecule has 2 heterocycles. The Morgan fingerprint density at radius 1 is 1.00 bits per heavy atom. The smallest absolute Gasteiger partial charge is 0.435 e. The number of hydrogen-bond donors (Lipinski definition) is 2. The molecule has 3 aromatic carbocycles. The molecule has 4 aromatic rings. The lowest BCUT2D eigenvalue weighted by Crippen LogP contribution is -2.24. The molecule has 46 heavy (non-hydrogen) atoms. The van der Waals surface area contributed by atoms with E-state index >= 15 is 0 Å². The predicted molar refractivity (Wildman–Crippen MR) is 168 cm³/mol. The van der Waals surface area contributed by atoms with Crippen LogP contribution in [-0.2, 0) is 25.9 Å². The first-order chi connectivity index (χ1) is 22.0. The van der Waals surface area contributed by atoms with Crippen molar-refractivity contribution in [1.82, 2.24) is 14.7 Å². The summed E-state index contributed by atoms with van der Waals surface area (Å²) in [6, 6.07) is 11.0. The summed E-state index contributed by atoms with van der Waals surface area (Å²) in [6.45, 7) is 6.70. The van der Waals surface area contributed by atoms with E-state index in [1.165, 1.54) is 18.2 Å². The molecule has 2 N–H and O–H groups in total. The number of nitrogens with one attached hydrogen (secondary N) is 2. The predicted octanol–water partition coefficient (Wildman–Crippen LogP) is 5.45. The highest BCUT2D eigenvalue weighted by Gasteiger charge is 2.25. The van der Waals surface area contributed by atoms with Gasteiger partial charge in [0, 0.05) is 36.8 Å². The van der Waals surface area contributed by atoms with Crippen LogP contribution in [0, 0.1) is 11.6 Å². The molecule has 1 saturated heterocycles. The SMILES string of the molecule is CCOC(=O)n1nc(NC(=O)c2ccc(CN3CCCC3)cc2NC(C)COC)c2cc(S(=O)(=O)c3cc(F)cc(F)c3)ccc21. The van der Waals surface area contributed by atoms with Crippen LogP contribution in [0.15, 0.2) is 64.4 Å². The average molecular weight is 656 g/mol. The molecule has 1 aromatic heterocycles. The molecule has 1 unspecified atom stereocenters.